The van der Waals surface area contributed by atoms with Gasteiger partial charge in [0.25, 0.3) is 0 Å². The molecular formula is C30H37ClN6O5. The monoisotopic (exact) mass is 596 g/mol. The molecule has 2 aromatic heterocycles. The van der Waals surface area contributed by atoms with Crippen molar-refractivity contribution in [1.82, 2.24) is 29.7 Å². The van der Waals surface area contributed by atoms with Gasteiger partial charge in [-0.3, -0.25) is 4.90 Å². The van der Waals surface area contributed by atoms with Crippen LogP contribution in [0.5, 0.6) is 0 Å². The number of hydrogen-bond donors (Lipinski definition) is 1. The molecule has 3 aliphatic rings. The minimum atomic E-state index is -0.639. The molecule has 224 valence electrons. The number of morpholine rings is 2. The van der Waals surface area contributed by atoms with E-state index in [4.69, 9.17) is 30.8 Å². The van der Waals surface area contributed by atoms with Gasteiger partial charge in [-0.05, 0) is 62.9 Å². The van der Waals surface area contributed by atoms with Gasteiger partial charge in [0, 0.05) is 37.9 Å². The highest BCUT2D eigenvalue weighted by Gasteiger charge is 2.37. The van der Waals surface area contributed by atoms with Crippen molar-refractivity contribution < 1.29 is 23.8 Å². The third-order valence-electron chi connectivity index (χ3n) is 8.01. The molecule has 12 heteroatoms. The molecule has 0 spiro atoms. The number of amides is 3. The normalized spacial score (nSPS) is 21.4. The van der Waals surface area contributed by atoms with E-state index in [9.17, 15) is 9.59 Å². The molecule has 5 heterocycles. The zero-order chi connectivity index (χ0) is 29.6. The Morgan fingerprint density at radius 1 is 1.10 bits per heavy atom. The Kier molecular flexibility index (Phi) is 7.75. The molecule has 3 amide bonds. The lowest BCUT2D eigenvalue weighted by molar-refractivity contribution is -0.0334. The Morgan fingerprint density at radius 3 is 2.62 bits per heavy atom. The lowest BCUT2D eigenvalue weighted by Gasteiger charge is -2.41. The van der Waals surface area contributed by atoms with Crippen LogP contribution >= 0.6 is 11.6 Å². The number of benzene rings is 1. The molecule has 0 radical (unpaired) electrons. The second kappa shape index (κ2) is 11.3. The van der Waals surface area contributed by atoms with Gasteiger partial charge >= 0.3 is 12.1 Å². The molecule has 2 fully saturated rings. The summed E-state index contributed by atoms with van der Waals surface area (Å²) in [6, 6.07) is 3.80. The molecule has 2 atom stereocenters. The van der Waals surface area contributed by atoms with Crippen LogP contribution in [0, 0.1) is 0 Å². The van der Waals surface area contributed by atoms with E-state index < -0.39 is 11.6 Å². The number of carbonyl (C=O) groups is 2. The lowest BCUT2D eigenvalue weighted by atomic mass is 9.87. The van der Waals surface area contributed by atoms with E-state index in [0.29, 0.717) is 80.9 Å². The van der Waals surface area contributed by atoms with Crippen LogP contribution in [0.2, 0.25) is 5.02 Å². The van der Waals surface area contributed by atoms with Gasteiger partial charge in [0.2, 0.25) is 0 Å². The predicted octanol–water partition coefficient (Wildman–Crippen LogP) is 4.79. The number of carbonyl (C=O) groups excluding carboxylic acids is 2. The quantitative estimate of drug-likeness (QED) is 0.453. The predicted molar refractivity (Wildman–Crippen MR) is 157 cm³/mol. The first-order valence-electron chi connectivity index (χ1n) is 14.5. The van der Waals surface area contributed by atoms with Crippen LogP contribution in [0.1, 0.15) is 50.4 Å². The molecule has 2 unspecified atom stereocenters. The first kappa shape index (κ1) is 28.7. The third-order valence-corrected chi connectivity index (χ3v) is 8.29. The molecule has 3 aromatic rings. The summed E-state index contributed by atoms with van der Waals surface area (Å²) in [7, 11) is 0. The average molecular weight is 597 g/mol. The molecule has 1 aromatic carbocycles. The van der Waals surface area contributed by atoms with Crippen LogP contribution < -0.4 is 0 Å². The number of rotatable bonds is 2. The van der Waals surface area contributed by atoms with E-state index in [2.05, 4.69) is 22.1 Å². The van der Waals surface area contributed by atoms with Crippen molar-refractivity contribution in [2.24, 2.45) is 0 Å². The van der Waals surface area contributed by atoms with Crippen LogP contribution in [0.4, 0.5) is 9.59 Å². The Hall–Kier alpha value is -3.41. The maximum atomic E-state index is 13.7. The highest BCUT2D eigenvalue weighted by Crippen LogP contribution is 2.37. The van der Waals surface area contributed by atoms with Gasteiger partial charge < -0.3 is 29.0 Å². The highest BCUT2D eigenvalue weighted by molar-refractivity contribution is 6.34. The zero-order valence-electron chi connectivity index (χ0n) is 24.5. The number of ether oxygens (including phenoxy) is 3. The van der Waals surface area contributed by atoms with E-state index in [1.54, 1.807) is 17.3 Å². The first-order valence-corrected chi connectivity index (χ1v) is 14.8. The molecule has 42 heavy (non-hydrogen) atoms. The summed E-state index contributed by atoms with van der Waals surface area (Å²) in [4.78, 5) is 45.0. The fourth-order valence-corrected chi connectivity index (χ4v) is 6.09. The van der Waals surface area contributed by atoms with Crippen molar-refractivity contribution in [1.29, 1.82) is 0 Å². The van der Waals surface area contributed by atoms with Crippen LogP contribution in [-0.2, 0) is 27.2 Å². The van der Waals surface area contributed by atoms with Gasteiger partial charge in [0.15, 0.2) is 5.65 Å². The molecule has 1 N–H and O–H groups in total. The Morgan fingerprint density at radius 2 is 1.86 bits per heavy atom. The third kappa shape index (κ3) is 5.65. The molecule has 0 bridgehead atoms. The van der Waals surface area contributed by atoms with Gasteiger partial charge in [-0.15, -0.1) is 0 Å². The standard InChI is InChI=1S/C30H37ClN6O5/c1-18-16-40-9-7-36(18)28(38)35-6-5-19-11-20(24-14-33-27-26(34-24)23(31)13-32-27)12-21(22(19)15-35)25-17-41-10-8-37(25)29(39)42-30(2,3)4/h11-14,18,25H,5-10,15-17H2,1-4H3,(H,32,33). The van der Waals surface area contributed by atoms with Crippen molar-refractivity contribution in [3.05, 3.63) is 46.2 Å². The molecule has 6 rings (SSSR count). The minimum Gasteiger partial charge on any atom is -0.444 e. The molecule has 11 nitrogen and oxygen atoms in total. The summed E-state index contributed by atoms with van der Waals surface area (Å²) in [5.41, 5.74) is 5.17. The van der Waals surface area contributed by atoms with Crippen molar-refractivity contribution >= 4 is 34.9 Å². The van der Waals surface area contributed by atoms with E-state index in [0.717, 1.165) is 22.3 Å². The van der Waals surface area contributed by atoms with Crippen molar-refractivity contribution in [2.45, 2.75) is 58.3 Å². The summed E-state index contributed by atoms with van der Waals surface area (Å²) in [6.07, 6.45) is 3.68. The number of hydrogen-bond acceptors (Lipinski definition) is 7. The SMILES string of the molecule is CC1COCCN1C(=O)N1CCc2cc(-c3cnc4[nH]cc(Cl)c4n3)cc(C3COCCN3C(=O)OC(C)(C)C)c2C1. The Bertz CT molecular complexity index is 1500. The summed E-state index contributed by atoms with van der Waals surface area (Å²) in [6.45, 7) is 11.4. The summed E-state index contributed by atoms with van der Waals surface area (Å²) in [5.74, 6) is 0. The van der Waals surface area contributed by atoms with Gasteiger partial charge in [-0.25, -0.2) is 19.6 Å². The van der Waals surface area contributed by atoms with Gasteiger partial charge in [-0.2, -0.15) is 0 Å². The average Bonchev–Trinajstić information content (AvgIpc) is 3.35. The second-order valence-corrected chi connectivity index (χ2v) is 12.5. The Labute approximate surface area is 250 Å². The minimum absolute atomic E-state index is 0.00814. The molecule has 3 aliphatic heterocycles. The smallest absolute Gasteiger partial charge is 0.410 e. The zero-order valence-corrected chi connectivity index (χ0v) is 25.2. The lowest BCUT2D eigenvalue weighted by Crippen LogP contribution is -2.53. The van der Waals surface area contributed by atoms with Crippen molar-refractivity contribution in [2.75, 3.05) is 46.1 Å². The van der Waals surface area contributed by atoms with Crippen LogP contribution in [-0.4, -0.2) is 99.5 Å². The summed E-state index contributed by atoms with van der Waals surface area (Å²) in [5, 5.41) is 0.501. The fourth-order valence-electron chi connectivity index (χ4n) is 5.90. The first-order chi connectivity index (χ1) is 20.1. The van der Waals surface area contributed by atoms with Crippen LogP contribution in [0.15, 0.2) is 24.5 Å². The molecular weight excluding hydrogens is 560 g/mol. The van der Waals surface area contributed by atoms with E-state index >= 15 is 0 Å². The van der Waals surface area contributed by atoms with Gasteiger partial charge in [-0.1, -0.05) is 11.6 Å². The van der Waals surface area contributed by atoms with Crippen molar-refractivity contribution in [3.63, 3.8) is 0 Å². The molecule has 2 saturated heterocycles. The topological polar surface area (TPSA) is 113 Å². The number of nitrogens with one attached hydrogen (secondary N) is 1. The summed E-state index contributed by atoms with van der Waals surface area (Å²) < 4.78 is 17.3. The number of urea groups is 1. The van der Waals surface area contributed by atoms with Gasteiger partial charge in [0.1, 0.15) is 11.1 Å². The van der Waals surface area contributed by atoms with Gasteiger partial charge in [0.05, 0.1) is 55.4 Å². The largest absolute Gasteiger partial charge is 0.444 e. The fraction of sp³-hybridized carbons (Fsp3) is 0.533. The number of aromatic nitrogens is 3. The van der Waals surface area contributed by atoms with E-state index in [1.165, 1.54) is 0 Å². The summed E-state index contributed by atoms with van der Waals surface area (Å²) >= 11 is 6.37. The van der Waals surface area contributed by atoms with E-state index in [-0.39, 0.29) is 18.2 Å². The number of aromatic amines is 1. The number of fused-ring (bicyclic) bond motifs is 2. The van der Waals surface area contributed by atoms with Crippen molar-refractivity contribution in [3.8, 4) is 11.3 Å². The van der Waals surface area contributed by atoms with Crippen LogP contribution in [0.25, 0.3) is 22.4 Å². The molecule has 0 saturated carbocycles. The molecule has 0 aliphatic carbocycles. The maximum absolute atomic E-state index is 13.7. The van der Waals surface area contributed by atoms with E-state index in [1.807, 2.05) is 37.5 Å². The highest BCUT2D eigenvalue weighted by atomic mass is 35.5. The number of H-pyrrole nitrogens is 1. The van der Waals surface area contributed by atoms with Crippen LogP contribution in [0.3, 0.4) is 0 Å². The Balaban J connectivity index is 1.41. The second-order valence-electron chi connectivity index (χ2n) is 12.1. The number of nitrogens with zero attached hydrogens (tertiary/aromatic N) is 5. The maximum Gasteiger partial charge on any atom is 0.410 e. The number of halogens is 1.